The third kappa shape index (κ3) is 3.89. The lowest BCUT2D eigenvalue weighted by atomic mass is 10.0. The summed E-state index contributed by atoms with van der Waals surface area (Å²) < 4.78 is 0. The summed E-state index contributed by atoms with van der Waals surface area (Å²) in [6.45, 7) is 3.95. The van der Waals surface area contributed by atoms with Gasteiger partial charge in [0.15, 0.2) is 0 Å². The zero-order valence-electron chi connectivity index (χ0n) is 12.8. The molecule has 1 aliphatic carbocycles. The molecule has 20 heavy (non-hydrogen) atoms. The van der Waals surface area contributed by atoms with Gasteiger partial charge in [0.05, 0.1) is 0 Å². The van der Waals surface area contributed by atoms with E-state index in [-0.39, 0.29) is 0 Å². The van der Waals surface area contributed by atoms with Crippen molar-refractivity contribution in [3.05, 3.63) is 28.8 Å². The summed E-state index contributed by atoms with van der Waals surface area (Å²) in [5.74, 6) is 0. The molecule has 1 saturated carbocycles. The Kier molecular flexibility index (Phi) is 6.18. The summed E-state index contributed by atoms with van der Waals surface area (Å²) >= 11 is 6.41. The summed E-state index contributed by atoms with van der Waals surface area (Å²) in [4.78, 5) is 2.46. The lowest BCUT2D eigenvalue weighted by Crippen LogP contribution is -2.32. The molecule has 0 aliphatic heterocycles. The van der Waals surface area contributed by atoms with E-state index in [4.69, 9.17) is 11.6 Å². The minimum atomic E-state index is 0.663. The van der Waals surface area contributed by atoms with Crippen LogP contribution in [0.1, 0.15) is 51.0 Å². The SMILES string of the molecule is CCNCc1c(Cl)cccc1N(C)C1CCCCCC1. The second-order valence-electron chi connectivity index (χ2n) is 5.77. The van der Waals surface area contributed by atoms with Gasteiger partial charge in [-0.2, -0.15) is 0 Å². The van der Waals surface area contributed by atoms with Crippen molar-refractivity contribution in [1.29, 1.82) is 0 Å². The van der Waals surface area contributed by atoms with Gasteiger partial charge < -0.3 is 10.2 Å². The number of nitrogens with zero attached hydrogens (tertiary/aromatic N) is 1. The lowest BCUT2D eigenvalue weighted by molar-refractivity contribution is 0.551. The predicted molar refractivity (Wildman–Crippen MR) is 88.7 cm³/mol. The zero-order valence-corrected chi connectivity index (χ0v) is 13.5. The van der Waals surface area contributed by atoms with E-state index in [9.17, 15) is 0 Å². The van der Waals surface area contributed by atoms with Crippen molar-refractivity contribution in [2.45, 2.75) is 58.0 Å². The van der Waals surface area contributed by atoms with Gasteiger partial charge in [-0.25, -0.2) is 0 Å². The molecule has 3 heteroatoms. The van der Waals surface area contributed by atoms with Crippen LogP contribution in [-0.2, 0) is 6.54 Å². The van der Waals surface area contributed by atoms with E-state index >= 15 is 0 Å². The standard InChI is InChI=1S/C17H27ClN2/c1-3-19-13-15-16(18)11-8-12-17(15)20(2)14-9-6-4-5-7-10-14/h8,11-12,14,19H,3-7,9-10,13H2,1-2H3. The van der Waals surface area contributed by atoms with Crippen LogP contribution in [0.5, 0.6) is 0 Å². The fourth-order valence-electron chi connectivity index (χ4n) is 3.14. The molecule has 0 atom stereocenters. The van der Waals surface area contributed by atoms with E-state index in [0.717, 1.165) is 18.1 Å². The Bertz CT molecular complexity index is 411. The molecule has 0 saturated heterocycles. The molecule has 0 spiro atoms. The van der Waals surface area contributed by atoms with E-state index in [2.05, 4.69) is 36.3 Å². The number of halogens is 1. The Hall–Kier alpha value is -0.730. The molecule has 1 aliphatic rings. The highest BCUT2D eigenvalue weighted by atomic mass is 35.5. The smallest absolute Gasteiger partial charge is 0.0471 e. The van der Waals surface area contributed by atoms with Gasteiger partial charge in [0.2, 0.25) is 0 Å². The molecule has 0 amide bonds. The number of nitrogens with one attached hydrogen (secondary N) is 1. The molecule has 1 fully saturated rings. The van der Waals surface area contributed by atoms with Gasteiger partial charge in [0.1, 0.15) is 0 Å². The minimum Gasteiger partial charge on any atom is -0.371 e. The monoisotopic (exact) mass is 294 g/mol. The van der Waals surface area contributed by atoms with Crippen LogP contribution in [0.4, 0.5) is 5.69 Å². The molecule has 1 aromatic rings. The molecule has 0 aromatic heterocycles. The van der Waals surface area contributed by atoms with Gasteiger partial charge in [-0.1, -0.05) is 50.3 Å². The molecule has 1 N–H and O–H groups in total. The van der Waals surface area contributed by atoms with Crippen LogP contribution in [0.15, 0.2) is 18.2 Å². The van der Waals surface area contributed by atoms with Crippen LogP contribution in [-0.4, -0.2) is 19.6 Å². The predicted octanol–water partition coefficient (Wildman–Crippen LogP) is 4.61. The maximum Gasteiger partial charge on any atom is 0.0471 e. The van der Waals surface area contributed by atoms with E-state index in [1.54, 1.807) is 0 Å². The molecule has 112 valence electrons. The number of benzene rings is 1. The third-order valence-corrected chi connectivity index (χ3v) is 4.75. The second kappa shape index (κ2) is 7.90. The first kappa shape index (κ1) is 15.7. The Morgan fingerprint density at radius 3 is 2.55 bits per heavy atom. The number of hydrogen-bond donors (Lipinski definition) is 1. The first-order chi connectivity index (χ1) is 9.74. The topological polar surface area (TPSA) is 15.3 Å². The summed E-state index contributed by atoms with van der Waals surface area (Å²) in [5.41, 5.74) is 2.54. The van der Waals surface area contributed by atoms with Crippen LogP contribution >= 0.6 is 11.6 Å². The molecule has 2 rings (SSSR count). The average Bonchev–Trinajstić information content (AvgIpc) is 2.74. The molecule has 0 radical (unpaired) electrons. The minimum absolute atomic E-state index is 0.663. The number of rotatable bonds is 5. The van der Waals surface area contributed by atoms with Crippen LogP contribution in [0, 0.1) is 0 Å². The Morgan fingerprint density at radius 2 is 1.90 bits per heavy atom. The van der Waals surface area contributed by atoms with Gasteiger partial charge in [-0.05, 0) is 31.5 Å². The Balaban J connectivity index is 2.18. The highest BCUT2D eigenvalue weighted by Crippen LogP contribution is 2.31. The van der Waals surface area contributed by atoms with Gasteiger partial charge in [0, 0.05) is 35.9 Å². The fraction of sp³-hybridized carbons (Fsp3) is 0.647. The molecule has 0 heterocycles. The maximum absolute atomic E-state index is 6.41. The van der Waals surface area contributed by atoms with Crippen molar-refractivity contribution in [3.8, 4) is 0 Å². The highest BCUT2D eigenvalue weighted by molar-refractivity contribution is 6.31. The average molecular weight is 295 g/mol. The van der Waals surface area contributed by atoms with Crippen LogP contribution < -0.4 is 10.2 Å². The van der Waals surface area contributed by atoms with Crippen LogP contribution in [0.3, 0.4) is 0 Å². The number of anilines is 1. The van der Waals surface area contributed by atoms with Gasteiger partial charge in [-0.15, -0.1) is 0 Å². The van der Waals surface area contributed by atoms with Crippen molar-refractivity contribution < 1.29 is 0 Å². The maximum atomic E-state index is 6.41. The van der Waals surface area contributed by atoms with Gasteiger partial charge >= 0.3 is 0 Å². The highest BCUT2D eigenvalue weighted by Gasteiger charge is 2.20. The first-order valence-electron chi connectivity index (χ1n) is 7.95. The van der Waals surface area contributed by atoms with Gasteiger partial charge in [0.25, 0.3) is 0 Å². The second-order valence-corrected chi connectivity index (χ2v) is 6.18. The number of hydrogen-bond acceptors (Lipinski definition) is 2. The van der Waals surface area contributed by atoms with Gasteiger partial charge in [-0.3, -0.25) is 0 Å². The quantitative estimate of drug-likeness (QED) is 0.798. The van der Waals surface area contributed by atoms with Crippen molar-refractivity contribution in [1.82, 2.24) is 5.32 Å². The zero-order chi connectivity index (χ0) is 14.4. The molecular weight excluding hydrogens is 268 g/mol. The normalized spacial score (nSPS) is 16.9. The Labute approximate surface area is 128 Å². The lowest BCUT2D eigenvalue weighted by Gasteiger charge is -2.31. The van der Waals surface area contributed by atoms with E-state index in [0.29, 0.717) is 6.04 Å². The van der Waals surface area contributed by atoms with Crippen molar-refractivity contribution in [2.75, 3.05) is 18.5 Å². The van der Waals surface area contributed by atoms with E-state index in [1.807, 2.05) is 6.07 Å². The fourth-order valence-corrected chi connectivity index (χ4v) is 3.38. The van der Waals surface area contributed by atoms with Crippen LogP contribution in [0.2, 0.25) is 5.02 Å². The summed E-state index contributed by atoms with van der Waals surface area (Å²) in [5, 5.41) is 4.28. The van der Waals surface area contributed by atoms with E-state index < -0.39 is 0 Å². The summed E-state index contributed by atoms with van der Waals surface area (Å²) in [6.07, 6.45) is 8.12. The third-order valence-electron chi connectivity index (χ3n) is 4.40. The molecule has 1 aromatic carbocycles. The molecule has 0 unspecified atom stereocenters. The van der Waals surface area contributed by atoms with Crippen molar-refractivity contribution in [2.24, 2.45) is 0 Å². The van der Waals surface area contributed by atoms with Crippen molar-refractivity contribution in [3.63, 3.8) is 0 Å². The summed E-state index contributed by atoms with van der Waals surface area (Å²) in [6, 6.07) is 6.94. The largest absolute Gasteiger partial charge is 0.371 e. The summed E-state index contributed by atoms with van der Waals surface area (Å²) in [7, 11) is 2.23. The van der Waals surface area contributed by atoms with E-state index in [1.165, 1.54) is 49.8 Å². The van der Waals surface area contributed by atoms with Crippen LogP contribution in [0.25, 0.3) is 0 Å². The molecular formula is C17H27ClN2. The first-order valence-corrected chi connectivity index (χ1v) is 8.32. The molecule has 2 nitrogen and oxygen atoms in total. The molecule has 0 bridgehead atoms. The van der Waals surface area contributed by atoms with Crippen molar-refractivity contribution >= 4 is 17.3 Å². The Morgan fingerprint density at radius 1 is 1.20 bits per heavy atom.